The molecular weight excluding hydrogens is 803 g/mol. The average Bonchev–Trinajstić information content (AvgIpc) is 4.09. The van der Waals surface area contributed by atoms with Gasteiger partial charge in [-0.1, -0.05) is 12.1 Å². The topological polar surface area (TPSA) is 99.9 Å². The minimum Gasteiger partial charge on any atom is -0.354 e. The molecule has 0 aliphatic carbocycles. The maximum atomic E-state index is 5.40. The second-order valence-corrected chi connectivity index (χ2v) is 14.8. The maximum absolute atomic E-state index is 5.40. The molecule has 0 fully saturated rings. The molecule has 8 aromatic rings. The third-order valence-electron chi connectivity index (χ3n) is 10.1. The van der Waals surface area contributed by atoms with Crippen LogP contribution in [0.1, 0.15) is 28.3 Å². The molecule has 8 nitrogen and oxygen atoms in total. The Kier molecular flexibility index (Phi) is 8.68. The van der Waals surface area contributed by atoms with E-state index in [1.807, 2.05) is 73.6 Å². The molecule has 7 aromatic heterocycles. The number of hydrogen-bond acceptors (Lipinski definition) is 5. The summed E-state index contributed by atoms with van der Waals surface area (Å²) in [5.41, 5.74) is 16.4. The van der Waals surface area contributed by atoms with Crippen LogP contribution in [0.2, 0.25) is 0 Å². The van der Waals surface area contributed by atoms with E-state index in [0.29, 0.717) is 0 Å². The van der Waals surface area contributed by atoms with Crippen LogP contribution in [0, 0.1) is 3.57 Å². The number of H-pyrrole nitrogens is 2. The molecule has 0 unspecified atom stereocenters. The minimum absolute atomic E-state index is 0.777. The molecule has 0 spiro atoms. The van der Waals surface area contributed by atoms with Crippen molar-refractivity contribution >= 4 is 69.0 Å². The molecular formula is C47H32IN8+. The van der Waals surface area contributed by atoms with Gasteiger partial charge in [-0.25, -0.2) is 14.5 Å². The Morgan fingerprint density at radius 2 is 0.750 bits per heavy atom. The van der Waals surface area contributed by atoms with Crippen molar-refractivity contribution in [1.29, 1.82) is 0 Å². The van der Waals surface area contributed by atoms with Crippen LogP contribution in [0.25, 0.3) is 90.9 Å². The van der Waals surface area contributed by atoms with E-state index in [4.69, 9.17) is 9.97 Å². The third-order valence-corrected chi connectivity index (χ3v) is 10.8. The summed E-state index contributed by atoms with van der Waals surface area (Å²) in [5, 5.41) is 0. The summed E-state index contributed by atoms with van der Waals surface area (Å²) in [6.45, 7) is 0.777. The number of nitrogens with one attached hydrogen (secondary N) is 2. The van der Waals surface area contributed by atoms with E-state index >= 15 is 0 Å². The van der Waals surface area contributed by atoms with Gasteiger partial charge in [0.2, 0.25) is 0 Å². The van der Waals surface area contributed by atoms with Gasteiger partial charge >= 0.3 is 0 Å². The van der Waals surface area contributed by atoms with Crippen molar-refractivity contribution in [3.63, 3.8) is 0 Å². The van der Waals surface area contributed by atoms with Crippen molar-refractivity contribution in [1.82, 2.24) is 34.9 Å². The quantitative estimate of drug-likeness (QED) is 0.128. The summed E-state index contributed by atoms with van der Waals surface area (Å²) in [6, 6.07) is 33.7. The van der Waals surface area contributed by atoms with Gasteiger partial charge in [0.25, 0.3) is 0 Å². The van der Waals surface area contributed by atoms with E-state index in [-0.39, 0.29) is 0 Å². The van der Waals surface area contributed by atoms with E-state index < -0.39 is 0 Å². The summed E-state index contributed by atoms with van der Waals surface area (Å²) in [5.74, 6) is 0. The summed E-state index contributed by atoms with van der Waals surface area (Å²) >= 11 is 2.35. The van der Waals surface area contributed by atoms with Gasteiger partial charge in [0.05, 0.1) is 22.8 Å². The molecule has 9 heteroatoms. The molecule has 0 atom stereocenters. The van der Waals surface area contributed by atoms with Crippen molar-refractivity contribution in [2.45, 2.75) is 6.54 Å². The van der Waals surface area contributed by atoms with Crippen LogP contribution in [-0.4, -0.2) is 34.9 Å². The second-order valence-electron chi connectivity index (χ2n) is 13.6. The molecule has 9 heterocycles. The van der Waals surface area contributed by atoms with Crippen LogP contribution in [0.15, 0.2) is 147 Å². The second kappa shape index (κ2) is 14.4. The van der Waals surface area contributed by atoms with Gasteiger partial charge < -0.3 is 9.97 Å². The zero-order valence-electron chi connectivity index (χ0n) is 29.9. The zero-order valence-corrected chi connectivity index (χ0v) is 32.1. The van der Waals surface area contributed by atoms with Gasteiger partial charge in [-0.2, -0.15) is 0 Å². The van der Waals surface area contributed by atoms with Crippen LogP contribution in [0.4, 0.5) is 0 Å². The van der Waals surface area contributed by atoms with Gasteiger partial charge in [0.15, 0.2) is 18.9 Å². The number of aromatic nitrogens is 8. The predicted molar refractivity (Wildman–Crippen MR) is 232 cm³/mol. The first kappa shape index (κ1) is 33.7. The smallest absolute Gasteiger partial charge is 0.173 e. The van der Waals surface area contributed by atoms with Crippen molar-refractivity contribution in [2.24, 2.45) is 0 Å². The Hall–Kier alpha value is -6.85. The van der Waals surface area contributed by atoms with Crippen molar-refractivity contribution in [3.05, 3.63) is 179 Å². The van der Waals surface area contributed by atoms with Crippen molar-refractivity contribution in [3.8, 4) is 44.5 Å². The molecule has 266 valence electrons. The summed E-state index contributed by atoms with van der Waals surface area (Å²) in [4.78, 5) is 31.3. The van der Waals surface area contributed by atoms with Crippen LogP contribution >= 0.6 is 22.6 Å². The van der Waals surface area contributed by atoms with E-state index in [0.717, 1.165) is 95.9 Å². The zero-order chi connectivity index (χ0) is 37.4. The van der Waals surface area contributed by atoms with Crippen LogP contribution in [0.5, 0.6) is 0 Å². The first-order valence-electron chi connectivity index (χ1n) is 18.3. The Balaban J connectivity index is 1.29. The van der Waals surface area contributed by atoms with Gasteiger partial charge in [-0.05, 0) is 142 Å². The first-order valence-corrected chi connectivity index (χ1v) is 19.3. The number of pyridine rings is 4. The Bertz CT molecular complexity index is 2930. The Labute approximate surface area is 336 Å². The average molecular weight is 836 g/mol. The molecule has 2 aliphatic rings. The van der Waals surface area contributed by atoms with E-state index in [2.05, 4.69) is 149 Å². The normalized spacial score (nSPS) is 11.9. The number of halogens is 1. The molecule has 8 bridgehead atoms. The molecule has 0 radical (unpaired) electrons. The Morgan fingerprint density at radius 3 is 1.11 bits per heavy atom. The molecule has 56 heavy (non-hydrogen) atoms. The largest absolute Gasteiger partial charge is 0.354 e. The third kappa shape index (κ3) is 6.41. The monoisotopic (exact) mass is 835 g/mol. The van der Waals surface area contributed by atoms with Crippen LogP contribution < -0.4 is 4.57 Å². The summed E-state index contributed by atoms with van der Waals surface area (Å²) < 4.78 is 3.43. The molecule has 2 N–H and O–H groups in total. The minimum atomic E-state index is 0.777. The van der Waals surface area contributed by atoms with Gasteiger partial charge in [-0.15, -0.1) is 0 Å². The van der Waals surface area contributed by atoms with E-state index in [1.54, 1.807) is 0 Å². The van der Waals surface area contributed by atoms with Gasteiger partial charge in [-0.3, -0.25) is 15.0 Å². The fourth-order valence-electron chi connectivity index (χ4n) is 7.51. The lowest BCUT2D eigenvalue weighted by Crippen LogP contribution is -2.33. The molecule has 10 rings (SSSR count). The van der Waals surface area contributed by atoms with Crippen molar-refractivity contribution < 1.29 is 4.57 Å². The van der Waals surface area contributed by atoms with Gasteiger partial charge in [0.1, 0.15) is 0 Å². The van der Waals surface area contributed by atoms with Crippen molar-refractivity contribution in [2.75, 3.05) is 0 Å². The fraction of sp³-hybridized carbons (Fsp3) is 0.0213. The summed E-state index contributed by atoms with van der Waals surface area (Å²) in [6.07, 6.45) is 23.6. The summed E-state index contributed by atoms with van der Waals surface area (Å²) in [7, 11) is 0. The highest BCUT2D eigenvalue weighted by atomic mass is 127. The Morgan fingerprint density at radius 1 is 0.411 bits per heavy atom. The lowest BCUT2D eigenvalue weighted by Gasteiger charge is -2.06. The standard InChI is InChI=1S/C47H31IN8/c48-35-3-1-30(2-4-35)29-56-27-19-34(20-28-56)47-42-11-9-40(54-42)45(32-15-23-50-24-16-32)38-7-5-36(52-38)44(31-13-21-49-22-14-31)37-6-8-39(53-37)46(33-17-25-51-26-18-33)41-10-12-43(47)55-41/h1-28H,29H2,(H,52,53,54,55)/p+1. The highest BCUT2D eigenvalue weighted by molar-refractivity contribution is 14.1. The fourth-order valence-corrected chi connectivity index (χ4v) is 7.87. The van der Waals surface area contributed by atoms with E-state index in [1.165, 1.54) is 9.13 Å². The van der Waals surface area contributed by atoms with Gasteiger partial charge in [0, 0.05) is 103 Å². The number of aromatic amines is 2. The lowest BCUT2D eigenvalue weighted by atomic mass is 10.0. The first-order chi connectivity index (χ1) is 27.6. The number of hydrogen-bond donors (Lipinski definition) is 2. The van der Waals surface area contributed by atoms with Crippen LogP contribution in [-0.2, 0) is 6.54 Å². The molecule has 0 amide bonds. The highest BCUT2D eigenvalue weighted by Crippen LogP contribution is 2.38. The molecule has 1 aromatic carbocycles. The number of rotatable bonds is 6. The molecule has 0 saturated heterocycles. The number of nitrogens with zero attached hydrogens (tertiary/aromatic N) is 6. The molecule has 0 saturated carbocycles. The number of benzene rings is 1. The van der Waals surface area contributed by atoms with Crippen LogP contribution in [0.3, 0.4) is 0 Å². The predicted octanol–water partition coefficient (Wildman–Crippen LogP) is 10.4. The molecule has 2 aliphatic heterocycles. The van der Waals surface area contributed by atoms with E-state index in [9.17, 15) is 0 Å². The lowest BCUT2D eigenvalue weighted by molar-refractivity contribution is -0.688. The highest BCUT2D eigenvalue weighted by Gasteiger charge is 2.19. The SMILES string of the molecule is Ic1ccc(C[n+]2ccc(-c3c4nc(c(-c5ccncc5)c5ccc([nH]5)c(-c5ccncc5)c5nc(c(-c6ccncc6)c6ccc3[nH]6)C=C5)C=C4)cc2)cc1. The number of fused-ring (bicyclic) bond motifs is 8. The maximum Gasteiger partial charge on any atom is 0.173 e.